The number of hydrogen-bond acceptors (Lipinski definition) is 2. The lowest BCUT2D eigenvalue weighted by Gasteiger charge is -2.22. The second-order valence-electron chi connectivity index (χ2n) is 4.63. The predicted molar refractivity (Wildman–Crippen MR) is 62.0 cm³/mol. The van der Waals surface area contributed by atoms with E-state index in [0.717, 1.165) is 6.42 Å². The van der Waals surface area contributed by atoms with E-state index < -0.39 is 0 Å². The van der Waals surface area contributed by atoms with Crippen molar-refractivity contribution >= 4 is 0 Å². The zero-order valence-corrected chi connectivity index (χ0v) is 10.0. The second kappa shape index (κ2) is 4.35. The number of aryl methyl sites for hydroxylation is 1. The molecule has 15 heavy (non-hydrogen) atoms. The number of rotatable bonds is 2. The molecule has 0 amide bonds. The molecule has 1 aromatic heterocycles. The highest BCUT2D eigenvalue weighted by atomic mass is 15.3. The van der Waals surface area contributed by atoms with Gasteiger partial charge in [0.2, 0.25) is 0 Å². The van der Waals surface area contributed by atoms with Crippen LogP contribution in [0.4, 0.5) is 0 Å². The van der Waals surface area contributed by atoms with Crippen molar-refractivity contribution in [2.75, 3.05) is 6.54 Å². The lowest BCUT2D eigenvalue weighted by molar-refractivity contribution is 0.396. The van der Waals surface area contributed by atoms with Crippen molar-refractivity contribution in [2.45, 2.75) is 45.6 Å². The van der Waals surface area contributed by atoms with E-state index in [1.807, 2.05) is 11.7 Å². The fourth-order valence-corrected chi connectivity index (χ4v) is 2.31. The van der Waals surface area contributed by atoms with Gasteiger partial charge in [0.15, 0.2) is 0 Å². The average molecular weight is 207 g/mol. The third-order valence-electron chi connectivity index (χ3n) is 3.58. The lowest BCUT2D eigenvalue weighted by atomic mass is 9.99. The highest BCUT2D eigenvalue weighted by Gasteiger charge is 2.17. The summed E-state index contributed by atoms with van der Waals surface area (Å²) in [5.74, 6) is 0. The summed E-state index contributed by atoms with van der Waals surface area (Å²) in [6, 6.07) is 0.645. The zero-order chi connectivity index (χ0) is 10.8. The highest BCUT2D eigenvalue weighted by molar-refractivity contribution is 5.24. The molecule has 1 aromatic rings. The molecule has 0 aromatic carbocycles. The van der Waals surface area contributed by atoms with E-state index in [-0.39, 0.29) is 0 Å². The number of nitrogens with one attached hydrogen (secondary N) is 1. The topological polar surface area (TPSA) is 29.9 Å². The Morgan fingerprint density at radius 3 is 2.73 bits per heavy atom. The molecule has 1 aliphatic rings. The first-order valence-corrected chi connectivity index (χ1v) is 5.91. The molecule has 84 valence electrons. The molecule has 2 heterocycles. The minimum atomic E-state index is 0.645. The summed E-state index contributed by atoms with van der Waals surface area (Å²) in [6.07, 6.45) is 5.09. The SMILES string of the molecule is Cc1c(CC2CCCCN2)nn(C)c1C. The maximum atomic E-state index is 4.58. The third kappa shape index (κ3) is 2.23. The molecule has 0 bridgehead atoms. The summed E-state index contributed by atoms with van der Waals surface area (Å²) < 4.78 is 1.99. The molecule has 0 aliphatic carbocycles. The van der Waals surface area contributed by atoms with Gasteiger partial charge < -0.3 is 5.32 Å². The molecule has 1 atom stereocenters. The van der Waals surface area contributed by atoms with E-state index in [9.17, 15) is 0 Å². The van der Waals surface area contributed by atoms with Crippen molar-refractivity contribution in [1.29, 1.82) is 0 Å². The van der Waals surface area contributed by atoms with Crippen LogP contribution in [0.3, 0.4) is 0 Å². The Morgan fingerprint density at radius 2 is 2.20 bits per heavy atom. The third-order valence-corrected chi connectivity index (χ3v) is 3.58. The Kier molecular flexibility index (Phi) is 3.10. The molecule has 0 radical (unpaired) electrons. The van der Waals surface area contributed by atoms with Gasteiger partial charge in [0.05, 0.1) is 5.69 Å². The molecule has 3 nitrogen and oxygen atoms in total. The first-order valence-electron chi connectivity index (χ1n) is 5.91. The summed E-state index contributed by atoms with van der Waals surface area (Å²) in [5, 5.41) is 8.15. The van der Waals surface area contributed by atoms with Crippen LogP contribution in [0.15, 0.2) is 0 Å². The second-order valence-corrected chi connectivity index (χ2v) is 4.63. The van der Waals surface area contributed by atoms with Crippen LogP contribution >= 0.6 is 0 Å². The monoisotopic (exact) mass is 207 g/mol. The molecular formula is C12H21N3. The highest BCUT2D eigenvalue weighted by Crippen LogP contribution is 2.16. The van der Waals surface area contributed by atoms with E-state index in [2.05, 4.69) is 24.3 Å². The van der Waals surface area contributed by atoms with Gasteiger partial charge in [0.1, 0.15) is 0 Å². The van der Waals surface area contributed by atoms with E-state index >= 15 is 0 Å². The number of piperidine rings is 1. The van der Waals surface area contributed by atoms with Crippen LogP contribution in [0.25, 0.3) is 0 Å². The van der Waals surface area contributed by atoms with Gasteiger partial charge in [-0.1, -0.05) is 6.42 Å². The first kappa shape index (κ1) is 10.7. The van der Waals surface area contributed by atoms with Crippen molar-refractivity contribution in [3.63, 3.8) is 0 Å². The van der Waals surface area contributed by atoms with Crippen LogP contribution in [0, 0.1) is 13.8 Å². The predicted octanol–water partition coefficient (Wildman–Crippen LogP) is 1.72. The molecule has 1 saturated heterocycles. The van der Waals surface area contributed by atoms with Crippen LogP contribution in [0.2, 0.25) is 0 Å². The maximum absolute atomic E-state index is 4.58. The fourth-order valence-electron chi connectivity index (χ4n) is 2.31. The lowest BCUT2D eigenvalue weighted by Crippen LogP contribution is -2.35. The zero-order valence-electron chi connectivity index (χ0n) is 10.0. The summed E-state index contributed by atoms with van der Waals surface area (Å²) in [6.45, 7) is 5.50. The van der Waals surface area contributed by atoms with Crippen molar-refractivity contribution in [1.82, 2.24) is 15.1 Å². The van der Waals surface area contributed by atoms with E-state index in [4.69, 9.17) is 0 Å². The fraction of sp³-hybridized carbons (Fsp3) is 0.750. The smallest absolute Gasteiger partial charge is 0.0671 e. The van der Waals surface area contributed by atoms with Crippen LogP contribution in [-0.2, 0) is 13.5 Å². The average Bonchev–Trinajstić information content (AvgIpc) is 2.48. The maximum Gasteiger partial charge on any atom is 0.0671 e. The Hall–Kier alpha value is -0.830. The van der Waals surface area contributed by atoms with Gasteiger partial charge in [-0.25, -0.2) is 0 Å². The molecule has 2 rings (SSSR count). The molecule has 3 heteroatoms. The van der Waals surface area contributed by atoms with Crippen LogP contribution < -0.4 is 5.32 Å². The minimum absolute atomic E-state index is 0.645. The van der Waals surface area contributed by atoms with Crippen molar-refractivity contribution in [3.05, 3.63) is 17.0 Å². The van der Waals surface area contributed by atoms with Gasteiger partial charge >= 0.3 is 0 Å². The van der Waals surface area contributed by atoms with Gasteiger partial charge in [-0.2, -0.15) is 5.10 Å². The van der Waals surface area contributed by atoms with Crippen LogP contribution in [-0.4, -0.2) is 22.4 Å². The molecule has 1 fully saturated rings. The molecular weight excluding hydrogens is 186 g/mol. The normalized spacial score (nSPS) is 21.9. The van der Waals surface area contributed by atoms with E-state index in [1.165, 1.54) is 42.8 Å². The quantitative estimate of drug-likeness (QED) is 0.800. The van der Waals surface area contributed by atoms with Crippen molar-refractivity contribution in [3.8, 4) is 0 Å². The standard InChI is InChI=1S/C12H21N3/c1-9-10(2)15(3)14-12(9)8-11-6-4-5-7-13-11/h11,13H,4-8H2,1-3H3. The summed E-state index contributed by atoms with van der Waals surface area (Å²) >= 11 is 0. The first-order chi connectivity index (χ1) is 7.18. The molecule has 1 aliphatic heterocycles. The number of aromatic nitrogens is 2. The Bertz CT molecular complexity index is 335. The van der Waals surface area contributed by atoms with Gasteiger partial charge in [0, 0.05) is 25.2 Å². The largest absolute Gasteiger partial charge is 0.314 e. The van der Waals surface area contributed by atoms with Crippen molar-refractivity contribution in [2.24, 2.45) is 7.05 Å². The van der Waals surface area contributed by atoms with Gasteiger partial charge in [-0.05, 0) is 38.8 Å². The Balaban J connectivity index is 2.06. The van der Waals surface area contributed by atoms with Gasteiger partial charge in [-0.3, -0.25) is 4.68 Å². The molecule has 0 spiro atoms. The summed E-state index contributed by atoms with van der Waals surface area (Å²) in [4.78, 5) is 0. The minimum Gasteiger partial charge on any atom is -0.314 e. The molecule has 1 N–H and O–H groups in total. The van der Waals surface area contributed by atoms with Crippen LogP contribution in [0.5, 0.6) is 0 Å². The van der Waals surface area contributed by atoms with Gasteiger partial charge in [0.25, 0.3) is 0 Å². The molecule has 1 unspecified atom stereocenters. The van der Waals surface area contributed by atoms with E-state index in [0.29, 0.717) is 6.04 Å². The number of nitrogens with zero attached hydrogens (tertiary/aromatic N) is 2. The van der Waals surface area contributed by atoms with Gasteiger partial charge in [-0.15, -0.1) is 0 Å². The van der Waals surface area contributed by atoms with Crippen LogP contribution in [0.1, 0.15) is 36.2 Å². The number of hydrogen-bond donors (Lipinski definition) is 1. The summed E-state index contributed by atoms with van der Waals surface area (Å²) in [5.41, 5.74) is 3.93. The van der Waals surface area contributed by atoms with E-state index in [1.54, 1.807) is 0 Å². The summed E-state index contributed by atoms with van der Waals surface area (Å²) in [7, 11) is 2.03. The Morgan fingerprint density at radius 1 is 1.40 bits per heavy atom. The Labute approximate surface area is 91.9 Å². The molecule has 0 saturated carbocycles. The van der Waals surface area contributed by atoms with Crippen molar-refractivity contribution < 1.29 is 0 Å².